The van der Waals surface area contributed by atoms with E-state index in [-0.39, 0.29) is 17.2 Å². The molecular formula is C12H15Cl2NO3. The Morgan fingerprint density at radius 3 is 2.72 bits per heavy atom. The van der Waals surface area contributed by atoms with Crippen LogP contribution in [0.25, 0.3) is 0 Å². The van der Waals surface area contributed by atoms with E-state index >= 15 is 0 Å². The van der Waals surface area contributed by atoms with Crippen molar-refractivity contribution in [3.05, 3.63) is 23.1 Å². The van der Waals surface area contributed by atoms with Gasteiger partial charge in [-0.2, -0.15) is 0 Å². The lowest BCUT2D eigenvalue weighted by atomic mass is 10.1. The van der Waals surface area contributed by atoms with E-state index in [1.165, 1.54) is 0 Å². The highest BCUT2D eigenvalue weighted by Gasteiger charge is 2.25. The van der Waals surface area contributed by atoms with Gasteiger partial charge in [-0.1, -0.05) is 0 Å². The minimum absolute atomic E-state index is 0.113. The number of nitrogens with zero attached hydrogens (tertiary/aromatic N) is 1. The van der Waals surface area contributed by atoms with Crippen LogP contribution in [0, 0.1) is 0 Å². The third-order valence-corrected chi connectivity index (χ3v) is 3.30. The van der Waals surface area contributed by atoms with Crippen LogP contribution in [0.15, 0.2) is 16.5 Å². The van der Waals surface area contributed by atoms with E-state index in [2.05, 4.69) is 0 Å². The molecule has 4 nitrogen and oxygen atoms in total. The quantitative estimate of drug-likeness (QED) is 0.801. The van der Waals surface area contributed by atoms with E-state index in [4.69, 9.17) is 32.4 Å². The molecule has 0 aliphatic carbocycles. The van der Waals surface area contributed by atoms with E-state index in [9.17, 15) is 4.79 Å². The minimum atomic E-state index is -0.113. The molecule has 1 saturated heterocycles. The molecule has 0 bridgehead atoms. The van der Waals surface area contributed by atoms with E-state index < -0.39 is 0 Å². The summed E-state index contributed by atoms with van der Waals surface area (Å²) >= 11 is 11.2. The van der Waals surface area contributed by atoms with Crippen LogP contribution in [0.2, 0.25) is 5.22 Å². The highest BCUT2D eigenvalue weighted by atomic mass is 35.5. The summed E-state index contributed by atoms with van der Waals surface area (Å²) in [6, 6.07) is 3.17. The first-order valence-corrected chi connectivity index (χ1v) is 6.84. The second kappa shape index (κ2) is 6.45. The molecule has 2 heterocycles. The molecule has 0 saturated carbocycles. The summed E-state index contributed by atoms with van der Waals surface area (Å²) in [5.41, 5.74) is 0. The second-order valence-electron chi connectivity index (χ2n) is 4.16. The van der Waals surface area contributed by atoms with Crippen molar-refractivity contribution in [3.63, 3.8) is 0 Å². The van der Waals surface area contributed by atoms with Crippen molar-refractivity contribution in [1.82, 2.24) is 4.90 Å². The van der Waals surface area contributed by atoms with Gasteiger partial charge in [-0.3, -0.25) is 4.79 Å². The van der Waals surface area contributed by atoms with Crippen LogP contribution in [0.4, 0.5) is 0 Å². The number of carbonyl (C=O) groups is 1. The summed E-state index contributed by atoms with van der Waals surface area (Å²) < 4.78 is 10.7. The molecule has 1 amide bonds. The van der Waals surface area contributed by atoms with Gasteiger partial charge in [-0.05, 0) is 36.6 Å². The Bertz CT molecular complexity index is 400. The lowest BCUT2D eigenvalue weighted by Gasteiger charge is -2.31. The van der Waals surface area contributed by atoms with Crippen molar-refractivity contribution in [1.29, 1.82) is 0 Å². The molecule has 0 atom stereocenters. The van der Waals surface area contributed by atoms with Gasteiger partial charge in [0.15, 0.2) is 11.0 Å². The number of hydrogen-bond acceptors (Lipinski definition) is 3. The van der Waals surface area contributed by atoms with E-state index in [1.807, 2.05) is 0 Å². The lowest BCUT2D eigenvalue weighted by Crippen LogP contribution is -2.40. The molecule has 0 aromatic carbocycles. The third-order valence-electron chi connectivity index (χ3n) is 2.94. The van der Waals surface area contributed by atoms with Gasteiger partial charge >= 0.3 is 0 Å². The normalized spacial score (nSPS) is 17.1. The molecule has 1 aliphatic heterocycles. The summed E-state index contributed by atoms with van der Waals surface area (Å²) in [4.78, 5) is 13.8. The number of carbonyl (C=O) groups excluding carboxylic acids is 1. The van der Waals surface area contributed by atoms with Crippen LogP contribution in [-0.4, -0.2) is 42.5 Å². The number of piperidine rings is 1. The molecular weight excluding hydrogens is 277 g/mol. The van der Waals surface area contributed by atoms with Crippen molar-refractivity contribution >= 4 is 29.1 Å². The largest absolute Gasteiger partial charge is 0.440 e. The van der Waals surface area contributed by atoms with Crippen LogP contribution in [0.3, 0.4) is 0 Å². The first kappa shape index (κ1) is 13.7. The van der Waals surface area contributed by atoms with Crippen molar-refractivity contribution in [2.24, 2.45) is 0 Å². The van der Waals surface area contributed by atoms with Crippen LogP contribution in [0.5, 0.6) is 0 Å². The molecule has 18 heavy (non-hydrogen) atoms. The minimum Gasteiger partial charge on any atom is -0.440 e. The Morgan fingerprint density at radius 1 is 1.44 bits per heavy atom. The fourth-order valence-electron chi connectivity index (χ4n) is 2.02. The summed E-state index contributed by atoms with van der Waals surface area (Å²) in [7, 11) is 0. The Hall–Kier alpha value is -0.710. The van der Waals surface area contributed by atoms with Crippen LogP contribution in [-0.2, 0) is 4.74 Å². The van der Waals surface area contributed by atoms with E-state index in [0.717, 1.165) is 12.8 Å². The smallest absolute Gasteiger partial charge is 0.289 e. The Balaban J connectivity index is 1.84. The van der Waals surface area contributed by atoms with Crippen LogP contribution < -0.4 is 0 Å². The Morgan fingerprint density at radius 2 is 2.17 bits per heavy atom. The van der Waals surface area contributed by atoms with Gasteiger partial charge in [-0.25, -0.2) is 0 Å². The zero-order valence-corrected chi connectivity index (χ0v) is 11.4. The van der Waals surface area contributed by atoms with Gasteiger partial charge in [0, 0.05) is 19.0 Å². The number of rotatable bonds is 4. The molecule has 0 N–H and O–H groups in total. The first-order chi connectivity index (χ1) is 8.70. The third kappa shape index (κ3) is 3.40. The van der Waals surface area contributed by atoms with Gasteiger partial charge in [0.1, 0.15) is 0 Å². The summed E-state index contributed by atoms with van der Waals surface area (Å²) in [5.74, 6) is 0.683. The Labute approximate surface area is 116 Å². The standard InChI is InChI=1S/C12H15Cl2NO3/c13-5-8-17-9-3-6-15(7-4-9)12(16)10-1-2-11(14)18-10/h1-2,9H,3-8H2. The summed E-state index contributed by atoms with van der Waals surface area (Å²) in [5, 5.41) is 0.235. The number of alkyl halides is 1. The van der Waals surface area contributed by atoms with E-state index in [1.54, 1.807) is 17.0 Å². The maximum Gasteiger partial charge on any atom is 0.289 e. The summed E-state index contributed by atoms with van der Waals surface area (Å²) in [6.07, 6.45) is 1.86. The zero-order valence-electron chi connectivity index (χ0n) is 9.90. The molecule has 100 valence electrons. The van der Waals surface area contributed by atoms with Crippen molar-refractivity contribution < 1.29 is 13.9 Å². The lowest BCUT2D eigenvalue weighted by molar-refractivity contribution is 0.0144. The number of likely N-dealkylation sites (tertiary alicyclic amines) is 1. The molecule has 0 spiro atoms. The van der Waals surface area contributed by atoms with Crippen molar-refractivity contribution in [3.8, 4) is 0 Å². The molecule has 6 heteroatoms. The Kier molecular flexibility index (Phi) is 4.92. The molecule has 2 rings (SSSR count). The monoisotopic (exact) mass is 291 g/mol. The average Bonchev–Trinajstić information content (AvgIpc) is 2.83. The fourth-order valence-corrected chi connectivity index (χ4v) is 2.26. The number of furan rings is 1. The van der Waals surface area contributed by atoms with Crippen LogP contribution in [0.1, 0.15) is 23.4 Å². The first-order valence-electron chi connectivity index (χ1n) is 5.93. The maximum atomic E-state index is 12.0. The second-order valence-corrected chi connectivity index (χ2v) is 4.91. The molecule has 1 aromatic heterocycles. The number of ether oxygens (including phenoxy) is 1. The zero-order chi connectivity index (χ0) is 13.0. The molecule has 1 aromatic rings. The highest BCUT2D eigenvalue weighted by Crippen LogP contribution is 2.19. The highest BCUT2D eigenvalue weighted by molar-refractivity contribution is 6.29. The maximum absolute atomic E-state index is 12.0. The number of hydrogen-bond donors (Lipinski definition) is 0. The van der Waals surface area contributed by atoms with Crippen molar-refractivity contribution in [2.45, 2.75) is 18.9 Å². The van der Waals surface area contributed by atoms with E-state index in [0.29, 0.717) is 31.3 Å². The fraction of sp³-hybridized carbons (Fsp3) is 0.583. The average molecular weight is 292 g/mol. The topological polar surface area (TPSA) is 42.7 Å². The van der Waals surface area contributed by atoms with Gasteiger partial charge in [0.05, 0.1) is 12.7 Å². The van der Waals surface area contributed by atoms with Crippen molar-refractivity contribution in [2.75, 3.05) is 25.6 Å². The molecule has 0 radical (unpaired) electrons. The molecule has 1 fully saturated rings. The molecule has 0 unspecified atom stereocenters. The van der Waals surface area contributed by atoms with Gasteiger partial charge in [0.25, 0.3) is 5.91 Å². The van der Waals surface area contributed by atoms with Gasteiger partial charge in [0.2, 0.25) is 0 Å². The SMILES string of the molecule is O=C(c1ccc(Cl)o1)N1CCC(OCCCl)CC1. The number of amides is 1. The van der Waals surface area contributed by atoms with Gasteiger partial charge < -0.3 is 14.1 Å². The summed E-state index contributed by atoms with van der Waals surface area (Å²) in [6.45, 7) is 1.90. The predicted molar refractivity (Wildman–Crippen MR) is 69.3 cm³/mol. The predicted octanol–water partition coefficient (Wildman–Crippen LogP) is 2.79. The van der Waals surface area contributed by atoms with Gasteiger partial charge in [-0.15, -0.1) is 11.6 Å². The number of halogens is 2. The van der Waals surface area contributed by atoms with Crippen LogP contribution >= 0.6 is 23.2 Å². The molecule has 1 aliphatic rings.